The Labute approximate surface area is 98.1 Å². The van der Waals surface area contributed by atoms with Crippen LogP contribution < -0.4 is 10.5 Å². The van der Waals surface area contributed by atoms with Crippen molar-refractivity contribution in [2.45, 2.75) is 6.92 Å². The van der Waals surface area contributed by atoms with E-state index in [4.69, 9.17) is 10.5 Å². The molecule has 0 bridgehead atoms. The lowest BCUT2D eigenvalue weighted by molar-refractivity contribution is -0.109. The Balaban J connectivity index is 2.63. The number of carbonyl (C=O) groups is 1. The fraction of sp³-hybridized carbons (Fsp3) is 0.300. The van der Waals surface area contributed by atoms with Gasteiger partial charge in [-0.3, -0.25) is 4.79 Å². The van der Waals surface area contributed by atoms with Crippen LogP contribution in [0.3, 0.4) is 0 Å². The topological polar surface area (TPSA) is 78.1 Å². The lowest BCUT2D eigenvalue weighted by atomic mass is 10.4. The maximum absolute atomic E-state index is 10.7. The largest absolute Gasteiger partial charge is 0.478 e. The zero-order valence-corrected chi connectivity index (χ0v) is 9.95. The molecule has 0 radical (unpaired) electrons. The molecule has 0 saturated heterocycles. The normalized spacial score (nSPS) is 10.6. The molecular formula is C10H13N3O2S. The summed E-state index contributed by atoms with van der Waals surface area (Å²) >= 11 is 1.23. The van der Waals surface area contributed by atoms with Gasteiger partial charge in [0, 0.05) is 12.7 Å². The number of anilines is 1. The first-order chi connectivity index (χ1) is 7.63. The molecule has 0 aromatic carbocycles. The van der Waals surface area contributed by atoms with Crippen LogP contribution in [0.25, 0.3) is 6.08 Å². The first-order valence-corrected chi connectivity index (χ1v) is 5.58. The zero-order chi connectivity index (χ0) is 12.0. The average Bonchev–Trinajstić information content (AvgIpc) is 2.26. The van der Waals surface area contributed by atoms with Crippen LogP contribution in [0.15, 0.2) is 12.3 Å². The fourth-order valence-corrected chi connectivity index (χ4v) is 1.39. The van der Waals surface area contributed by atoms with Gasteiger partial charge in [-0.05, 0) is 6.08 Å². The van der Waals surface area contributed by atoms with Crippen LogP contribution in [-0.2, 0) is 4.79 Å². The minimum absolute atomic E-state index is 0.0885. The molecule has 0 amide bonds. The molecule has 1 aromatic heterocycles. The molecule has 0 fully saturated rings. The Bertz CT molecular complexity index is 407. The predicted molar refractivity (Wildman–Crippen MR) is 65.2 cm³/mol. The highest BCUT2D eigenvalue weighted by molar-refractivity contribution is 8.13. The highest BCUT2D eigenvalue weighted by Crippen LogP contribution is 2.15. The molecule has 1 heterocycles. The number of rotatable bonds is 4. The standard InChI is InChI=1S/C10H13N3O2S/c1-7(14)16-5-3-4-8-6-12-9(11)10(13-8)15-2/h3-4,6H,5H2,1-2H3,(H2,11,12). The van der Waals surface area contributed by atoms with Gasteiger partial charge in [0.05, 0.1) is 19.0 Å². The smallest absolute Gasteiger partial charge is 0.257 e. The van der Waals surface area contributed by atoms with E-state index in [1.807, 2.05) is 6.08 Å². The number of ether oxygens (including phenoxy) is 1. The van der Waals surface area contributed by atoms with Gasteiger partial charge in [-0.15, -0.1) is 0 Å². The molecule has 0 aliphatic heterocycles. The molecule has 0 unspecified atom stereocenters. The number of nitrogens with two attached hydrogens (primary N) is 1. The van der Waals surface area contributed by atoms with Gasteiger partial charge in [-0.25, -0.2) is 9.97 Å². The summed E-state index contributed by atoms with van der Waals surface area (Å²) in [5.74, 6) is 1.18. The fourth-order valence-electron chi connectivity index (χ4n) is 0.959. The summed E-state index contributed by atoms with van der Waals surface area (Å²) in [5, 5.41) is 0.0885. The van der Waals surface area contributed by atoms with E-state index >= 15 is 0 Å². The number of nitrogen functional groups attached to an aromatic ring is 1. The SMILES string of the molecule is COc1nc(C=CCSC(C)=O)cnc1N. The molecule has 0 saturated carbocycles. The molecule has 1 rings (SSSR count). The molecule has 6 heteroatoms. The predicted octanol–water partition coefficient (Wildman–Crippen LogP) is 1.36. The van der Waals surface area contributed by atoms with Crippen LogP contribution in [0.5, 0.6) is 5.88 Å². The van der Waals surface area contributed by atoms with Gasteiger partial charge in [0.1, 0.15) is 0 Å². The van der Waals surface area contributed by atoms with Gasteiger partial charge in [0.15, 0.2) is 10.9 Å². The average molecular weight is 239 g/mol. The third-order valence-corrected chi connectivity index (χ3v) is 2.42. The number of carbonyl (C=O) groups excluding carboxylic acids is 1. The first-order valence-electron chi connectivity index (χ1n) is 4.60. The van der Waals surface area contributed by atoms with Crippen molar-refractivity contribution >= 4 is 28.8 Å². The molecule has 1 aromatic rings. The molecule has 0 spiro atoms. The van der Waals surface area contributed by atoms with Crippen LogP contribution in [-0.4, -0.2) is 27.9 Å². The Kier molecular flexibility index (Phi) is 4.78. The maximum Gasteiger partial charge on any atom is 0.257 e. The third kappa shape index (κ3) is 3.90. The van der Waals surface area contributed by atoms with Crippen LogP contribution in [0, 0.1) is 0 Å². The van der Waals surface area contributed by atoms with Gasteiger partial charge in [-0.2, -0.15) is 0 Å². The van der Waals surface area contributed by atoms with Gasteiger partial charge >= 0.3 is 0 Å². The summed E-state index contributed by atoms with van der Waals surface area (Å²) in [5.41, 5.74) is 6.17. The van der Waals surface area contributed by atoms with E-state index in [0.29, 0.717) is 17.3 Å². The van der Waals surface area contributed by atoms with Crippen molar-refractivity contribution in [2.24, 2.45) is 0 Å². The van der Waals surface area contributed by atoms with E-state index in [1.54, 1.807) is 12.3 Å². The number of hydrogen-bond acceptors (Lipinski definition) is 6. The van der Waals surface area contributed by atoms with E-state index in [-0.39, 0.29) is 10.9 Å². The summed E-state index contributed by atoms with van der Waals surface area (Å²) in [6.45, 7) is 1.53. The summed E-state index contributed by atoms with van der Waals surface area (Å²) in [6, 6.07) is 0. The molecule has 0 atom stereocenters. The maximum atomic E-state index is 10.7. The highest BCUT2D eigenvalue weighted by atomic mass is 32.2. The number of hydrogen-bond donors (Lipinski definition) is 1. The van der Waals surface area contributed by atoms with Crippen molar-refractivity contribution in [2.75, 3.05) is 18.6 Å². The van der Waals surface area contributed by atoms with Gasteiger partial charge in [-0.1, -0.05) is 17.8 Å². The van der Waals surface area contributed by atoms with Crippen LogP contribution >= 0.6 is 11.8 Å². The molecule has 2 N–H and O–H groups in total. The Morgan fingerprint density at radius 2 is 2.44 bits per heavy atom. The molecule has 86 valence electrons. The van der Waals surface area contributed by atoms with E-state index < -0.39 is 0 Å². The monoisotopic (exact) mass is 239 g/mol. The van der Waals surface area contributed by atoms with E-state index in [0.717, 1.165) is 0 Å². The summed E-state index contributed by atoms with van der Waals surface area (Å²) < 4.78 is 4.94. The number of thioether (sulfide) groups is 1. The second-order valence-corrected chi connectivity index (χ2v) is 4.09. The van der Waals surface area contributed by atoms with Crippen molar-refractivity contribution < 1.29 is 9.53 Å². The molecule has 5 nitrogen and oxygen atoms in total. The van der Waals surface area contributed by atoms with Gasteiger partial charge in [0.2, 0.25) is 0 Å². The van der Waals surface area contributed by atoms with E-state index in [9.17, 15) is 4.79 Å². The van der Waals surface area contributed by atoms with Crippen molar-refractivity contribution in [1.29, 1.82) is 0 Å². The highest BCUT2D eigenvalue weighted by Gasteiger charge is 2.01. The Morgan fingerprint density at radius 3 is 3.06 bits per heavy atom. The third-order valence-electron chi connectivity index (χ3n) is 1.65. The van der Waals surface area contributed by atoms with Gasteiger partial charge < -0.3 is 10.5 Å². The molecule has 0 aliphatic carbocycles. The minimum Gasteiger partial charge on any atom is -0.478 e. The van der Waals surface area contributed by atoms with Crippen molar-refractivity contribution in [3.8, 4) is 5.88 Å². The van der Waals surface area contributed by atoms with E-state index in [2.05, 4.69) is 9.97 Å². The summed E-state index contributed by atoms with van der Waals surface area (Å²) in [7, 11) is 1.49. The molecule has 0 aliphatic rings. The van der Waals surface area contributed by atoms with Crippen molar-refractivity contribution in [3.05, 3.63) is 18.0 Å². The lowest BCUT2D eigenvalue weighted by Gasteiger charge is -2.02. The van der Waals surface area contributed by atoms with Crippen LogP contribution in [0.4, 0.5) is 5.82 Å². The lowest BCUT2D eigenvalue weighted by Crippen LogP contribution is -1.99. The molecule has 16 heavy (non-hydrogen) atoms. The minimum atomic E-state index is 0.0885. The quantitative estimate of drug-likeness (QED) is 0.854. The Hall–Kier alpha value is -1.56. The van der Waals surface area contributed by atoms with Crippen molar-refractivity contribution in [3.63, 3.8) is 0 Å². The van der Waals surface area contributed by atoms with Gasteiger partial charge in [0.25, 0.3) is 5.88 Å². The second-order valence-electron chi connectivity index (χ2n) is 2.89. The zero-order valence-electron chi connectivity index (χ0n) is 9.14. The first kappa shape index (κ1) is 12.5. The summed E-state index contributed by atoms with van der Waals surface area (Å²) in [4.78, 5) is 18.7. The number of nitrogens with zero attached hydrogens (tertiary/aromatic N) is 2. The van der Waals surface area contributed by atoms with E-state index in [1.165, 1.54) is 25.8 Å². The second kappa shape index (κ2) is 6.12. The summed E-state index contributed by atoms with van der Waals surface area (Å²) in [6.07, 6.45) is 5.16. The van der Waals surface area contributed by atoms with Crippen LogP contribution in [0.1, 0.15) is 12.6 Å². The van der Waals surface area contributed by atoms with Crippen LogP contribution in [0.2, 0.25) is 0 Å². The van der Waals surface area contributed by atoms with Crippen molar-refractivity contribution in [1.82, 2.24) is 9.97 Å². The Morgan fingerprint density at radius 1 is 1.69 bits per heavy atom. The molecular weight excluding hydrogens is 226 g/mol. The number of aromatic nitrogens is 2. The number of methoxy groups -OCH3 is 1.